The van der Waals surface area contributed by atoms with Gasteiger partial charge in [0.1, 0.15) is 0 Å². The SMILES string of the molecule is CCCCCCCCC=CCCCCCCCC(=O)[O-].CCCCCCCCC=CCCCCCCCC[N+](C)(C)C. The third kappa shape index (κ3) is 45.9. The van der Waals surface area contributed by atoms with Crippen LogP contribution in [-0.4, -0.2) is 38.1 Å². The van der Waals surface area contributed by atoms with Gasteiger partial charge in [-0.25, -0.2) is 0 Å². The summed E-state index contributed by atoms with van der Waals surface area (Å²) in [7, 11) is 6.87. The van der Waals surface area contributed by atoms with Crippen molar-refractivity contribution in [3.05, 3.63) is 24.3 Å². The lowest BCUT2D eigenvalue weighted by molar-refractivity contribution is -0.870. The molecule has 0 saturated heterocycles. The predicted molar refractivity (Wildman–Crippen MR) is 187 cm³/mol. The Morgan fingerprint density at radius 3 is 1.05 bits per heavy atom. The number of carbonyl (C=O) groups is 1. The van der Waals surface area contributed by atoms with E-state index in [4.69, 9.17) is 0 Å². The summed E-state index contributed by atoms with van der Waals surface area (Å²) in [6.07, 6.45) is 45.3. The van der Waals surface area contributed by atoms with Gasteiger partial charge in [-0.2, -0.15) is 0 Å². The average Bonchev–Trinajstić information content (AvgIpc) is 2.94. The third-order valence-electron chi connectivity index (χ3n) is 7.98. The average molecular weight is 592 g/mol. The largest absolute Gasteiger partial charge is 0.550 e. The minimum atomic E-state index is -0.914. The van der Waals surface area contributed by atoms with E-state index in [0.29, 0.717) is 0 Å². The summed E-state index contributed by atoms with van der Waals surface area (Å²) in [6.45, 7) is 5.86. The summed E-state index contributed by atoms with van der Waals surface area (Å²) < 4.78 is 1.11. The molecule has 3 heteroatoms. The Morgan fingerprint density at radius 1 is 0.452 bits per heavy atom. The lowest BCUT2D eigenvalue weighted by Gasteiger charge is -2.23. The number of nitrogens with zero attached hydrogens (tertiary/aromatic N) is 1. The molecule has 0 aromatic carbocycles. The first-order valence-electron chi connectivity index (χ1n) is 18.6. The molecular formula is C39H77NO2. The van der Waals surface area contributed by atoms with Crippen molar-refractivity contribution in [2.45, 2.75) is 194 Å². The maximum absolute atomic E-state index is 10.2. The minimum Gasteiger partial charge on any atom is -0.550 e. The monoisotopic (exact) mass is 592 g/mol. The van der Waals surface area contributed by atoms with Gasteiger partial charge >= 0.3 is 0 Å². The smallest absolute Gasteiger partial charge is 0.0780 e. The first-order chi connectivity index (χ1) is 20.3. The molecule has 250 valence electrons. The molecule has 0 amide bonds. The summed E-state index contributed by atoms with van der Waals surface area (Å²) in [5.74, 6) is -0.914. The van der Waals surface area contributed by atoms with Crippen LogP contribution in [0.4, 0.5) is 0 Å². The molecule has 3 nitrogen and oxygen atoms in total. The van der Waals surface area contributed by atoms with Gasteiger partial charge in [-0.3, -0.25) is 0 Å². The van der Waals surface area contributed by atoms with E-state index in [1.165, 1.54) is 161 Å². The summed E-state index contributed by atoms with van der Waals surface area (Å²) >= 11 is 0. The van der Waals surface area contributed by atoms with Crippen molar-refractivity contribution >= 4 is 5.97 Å². The van der Waals surface area contributed by atoms with Gasteiger partial charge in [-0.15, -0.1) is 0 Å². The fraction of sp³-hybridized carbons (Fsp3) is 0.872. The number of hydrogen-bond donors (Lipinski definition) is 0. The molecule has 0 saturated carbocycles. The number of quaternary nitrogens is 1. The van der Waals surface area contributed by atoms with Crippen molar-refractivity contribution in [1.82, 2.24) is 0 Å². The van der Waals surface area contributed by atoms with Crippen LogP contribution in [0.5, 0.6) is 0 Å². The van der Waals surface area contributed by atoms with E-state index in [9.17, 15) is 9.90 Å². The van der Waals surface area contributed by atoms with Gasteiger partial charge in [-0.05, 0) is 77.0 Å². The lowest BCUT2D eigenvalue weighted by Crippen LogP contribution is -2.35. The number of carbonyl (C=O) groups excluding carboxylic acids is 1. The van der Waals surface area contributed by atoms with E-state index >= 15 is 0 Å². The first-order valence-corrected chi connectivity index (χ1v) is 18.6. The van der Waals surface area contributed by atoms with Crippen molar-refractivity contribution < 1.29 is 14.4 Å². The second kappa shape index (κ2) is 36.1. The summed E-state index contributed by atoms with van der Waals surface area (Å²) in [5.41, 5.74) is 0. The second-order valence-corrected chi connectivity index (χ2v) is 13.7. The highest BCUT2D eigenvalue weighted by atomic mass is 16.4. The van der Waals surface area contributed by atoms with Gasteiger partial charge in [0.15, 0.2) is 0 Å². The van der Waals surface area contributed by atoms with Crippen LogP contribution in [0.1, 0.15) is 194 Å². The molecule has 0 bridgehead atoms. The number of allylic oxidation sites excluding steroid dienone is 4. The van der Waals surface area contributed by atoms with E-state index in [1.54, 1.807) is 0 Å². The van der Waals surface area contributed by atoms with Crippen LogP contribution in [0.15, 0.2) is 24.3 Å². The fourth-order valence-corrected chi connectivity index (χ4v) is 5.17. The molecule has 0 unspecified atom stereocenters. The van der Waals surface area contributed by atoms with Gasteiger partial charge in [0.2, 0.25) is 0 Å². The van der Waals surface area contributed by atoms with Gasteiger partial charge in [-0.1, -0.05) is 141 Å². The van der Waals surface area contributed by atoms with E-state index in [-0.39, 0.29) is 6.42 Å². The van der Waals surface area contributed by atoms with Gasteiger partial charge in [0.05, 0.1) is 27.7 Å². The van der Waals surface area contributed by atoms with Crippen LogP contribution >= 0.6 is 0 Å². The molecule has 0 heterocycles. The molecule has 42 heavy (non-hydrogen) atoms. The maximum atomic E-state index is 10.2. The molecule has 0 aromatic rings. The van der Waals surface area contributed by atoms with Crippen LogP contribution in [0.25, 0.3) is 0 Å². The number of hydrogen-bond acceptors (Lipinski definition) is 2. The lowest BCUT2D eigenvalue weighted by atomic mass is 10.1. The standard InChI is InChI=1S/C21H44N.C18H34O2/c1-5-6-7-8-9-10-11-12-13-14-15-16-17-18-19-20-21-22(2,3)4;1-2-3-4-5-6-7-8-9-10-11-12-13-14-15-16-17-18(19)20/h12-13H,5-11,14-21H2,1-4H3;9-10H,2-8,11-17H2,1H3,(H,19,20)/q+1;/p-1. The fourth-order valence-electron chi connectivity index (χ4n) is 5.17. The van der Waals surface area contributed by atoms with Crippen LogP contribution < -0.4 is 5.11 Å². The van der Waals surface area contributed by atoms with Crippen molar-refractivity contribution in [2.75, 3.05) is 27.7 Å². The Hall–Kier alpha value is -1.09. The topological polar surface area (TPSA) is 40.1 Å². The normalized spacial score (nSPS) is 11.8. The van der Waals surface area contributed by atoms with Crippen molar-refractivity contribution in [3.8, 4) is 0 Å². The van der Waals surface area contributed by atoms with Crippen molar-refractivity contribution in [2.24, 2.45) is 0 Å². The number of rotatable bonds is 31. The molecule has 0 aliphatic heterocycles. The predicted octanol–water partition coefficient (Wildman–Crippen LogP) is 11.5. The molecule has 0 fully saturated rings. The highest BCUT2D eigenvalue weighted by Crippen LogP contribution is 2.11. The second-order valence-electron chi connectivity index (χ2n) is 13.7. The van der Waals surface area contributed by atoms with Gasteiger partial charge in [0, 0.05) is 5.97 Å². The molecule has 0 aliphatic rings. The summed E-state index contributed by atoms with van der Waals surface area (Å²) in [5, 5.41) is 10.2. The number of unbranched alkanes of at least 4 members (excludes halogenated alkanes) is 23. The Bertz CT molecular complexity index is 575. The van der Waals surface area contributed by atoms with Crippen LogP contribution in [0, 0.1) is 0 Å². The molecule has 0 N–H and O–H groups in total. The molecule has 0 rings (SSSR count). The van der Waals surface area contributed by atoms with Crippen LogP contribution in [0.3, 0.4) is 0 Å². The van der Waals surface area contributed by atoms with Crippen LogP contribution in [-0.2, 0) is 4.79 Å². The van der Waals surface area contributed by atoms with Crippen molar-refractivity contribution in [1.29, 1.82) is 0 Å². The number of carboxylic acids is 1. The van der Waals surface area contributed by atoms with E-state index in [1.807, 2.05) is 0 Å². The van der Waals surface area contributed by atoms with E-state index in [2.05, 4.69) is 59.3 Å². The van der Waals surface area contributed by atoms with E-state index < -0.39 is 5.97 Å². The quantitative estimate of drug-likeness (QED) is 0.0457. The highest BCUT2D eigenvalue weighted by Gasteiger charge is 2.04. The minimum absolute atomic E-state index is 0.220. The molecule has 0 spiro atoms. The van der Waals surface area contributed by atoms with E-state index in [0.717, 1.165) is 23.7 Å². The molecule has 0 aliphatic carbocycles. The summed E-state index contributed by atoms with van der Waals surface area (Å²) in [4.78, 5) is 10.2. The maximum Gasteiger partial charge on any atom is 0.0780 e. The molecule has 0 atom stereocenters. The zero-order chi connectivity index (χ0) is 31.4. The van der Waals surface area contributed by atoms with Gasteiger partial charge in [0.25, 0.3) is 0 Å². The summed E-state index contributed by atoms with van der Waals surface area (Å²) in [6, 6.07) is 0. The zero-order valence-corrected chi connectivity index (χ0v) is 29.6. The Balaban J connectivity index is 0. The highest BCUT2D eigenvalue weighted by molar-refractivity contribution is 5.64. The number of aliphatic carboxylic acids is 1. The molecule has 0 aromatic heterocycles. The zero-order valence-electron chi connectivity index (χ0n) is 29.6. The van der Waals surface area contributed by atoms with Crippen LogP contribution in [0.2, 0.25) is 0 Å². The van der Waals surface area contributed by atoms with Gasteiger partial charge < -0.3 is 14.4 Å². The first kappa shape index (κ1) is 43.0. The molecule has 0 radical (unpaired) electrons. The number of carboxylic acid groups (broad SMARTS) is 1. The Morgan fingerprint density at radius 2 is 0.738 bits per heavy atom. The third-order valence-corrected chi connectivity index (χ3v) is 7.98. The Labute approximate surface area is 265 Å². The van der Waals surface area contributed by atoms with Crippen molar-refractivity contribution in [3.63, 3.8) is 0 Å². The molecular weight excluding hydrogens is 514 g/mol. The Kier molecular flexibility index (Phi) is 37.0.